The number of hydrogen-bond donors (Lipinski definition) is 1. The number of nitro benzene ring substituents is 1. The first-order chi connectivity index (χ1) is 17.7. The Morgan fingerprint density at radius 1 is 1.19 bits per heavy atom. The second-order valence-electron chi connectivity index (χ2n) is 8.20. The van der Waals surface area contributed by atoms with E-state index < -0.39 is 22.2 Å². The van der Waals surface area contributed by atoms with Gasteiger partial charge in [0.05, 0.1) is 22.8 Å². The van der Waals surface area contributed by atoms with Gasteiger partial charge in [0.15, 0.2) is 6.61 Å². The summed E-state index contributed by atoms with van der Waals surface area (Å²) in [7, 11) is 0. The molecule has 0 radical (unpaired) electrons. The van der Waals surface area contributed by atoms with Gasteiger partial charge in [-0.3, -0.25) is 25.1 Å². The number of rotatable bonds is 9. The molecule has 2 heterocycles. The minimum atomic E-state index is -0.546. The highest BCUT2D eigenvalue weighted by Crippen LogP contribution is 2.37. The molecule has 4 rings (SSSR count). The monoisotopic (exact) mass is 526 g/mol. The highest BCUT2D eigenvalue weighted by Gasteiger charge is 2.34. The molecule has 0 saturated carbocycles. The summed E-state index contributed by atoms with van der Waals surface area (Å²) in [5.74, 6) is -0.719. The lowest BCUT2D eigenvalue weighted by Crippen LogP contribution is -2.46. The Morgan fingerprint density at radius 2 is 1.92 bits per heavy atom. The van der Waals surface area contributed by atoms with Crippen LogP contribution in [-0.2, 0) is 20.9 Å². The molecule has 1 fully saturated rings. The predicted molar refractivity (Wildman–Crippen MR) is 137 cm³/mol. The zero-order valence-electron chi connectivity index (χ0n) is 20.6. The van der Waals surface area contributed by atoms with Gasteiger partial charge in [-0.05, 0) is 56.7 Å². The average molecular weight is 527 g/mol. The number of carbonyl (C=O) groups is 3. The highest BCUT2D eigenvalue weighted by atomic mass is 32.2. The molecular weight excluding hydrogens is 500 g/mol. The van der Waals surface area contributed by atoms with E-state index in [1.54, 1.807) is 31.2 Å². The molecule has 1 N–H and O–H groups in total. The fourth-order valence-corrected chi connectivity index (χ4v) is 5.40. The Balaban J connectivity index is 1.47. The molecule has 2 aromatic carbocycles. The first kappa shape index (κ1) is 26.0. The number of hydrazine groups is 1. The standard InChI is InChI=1S/C25H26N4O7S/c1-4-27-15(3)23(25(32)35-5-2)19-12-18(10-11-20(19)27)36-13-21(30)26-28-22(31)14-37-24(28)16-6-8-17(9-7-16)29(33)34/h6-12,24H,4-5,13-14H2,1-3H3,(H,26,30)/t24-/m1/s1. The third-order valence-electron chi connectivity index (χ3n) is 5.96. The van der Waals surface area contributed by atoms with Crippen molar-refractivity contribution in [3.05, 3.63) is 69.4 Å². The molecule has 1 atom stereocenters. The van der Waals surface area contributed by atoms with Crippen molar-refractivity contribution in [2.45, 2.75) is 32.7 Å². The minimum Gasteiger partial charge on any atom is -0.484 e. The van der Waals surface area contributed by atoms with E-state index in [1.807, 2.05) is 24.5 Å². The lowest BCUT2D eigenvalue weighted by molar-refractivity contribution is -0.384. The van der Waals surface area contributed by atoms with E-state index in [0.29, 0.717) is 28.8 Å². The van der Waals surface area contributed by atoms with Gasteiger partial charge in [0.25, 0.3) is 17.5 Å². The number of non-ortho nitro benzene ring substituents is 1. The van der Waals surface area contributed by atoms with Crippen molar-refractivity contribution in [1.82, 2.24) is 15.0 Å². The van der Waals surface area contributed by atoms with Gasteiger partial charge in [-0.15, -0.1) is 11.8 Å². The van der Waals surface area contributed by atoms with Gasteiger partial charge in [-0.25, -0.2) is 9.80 Å². The van der Waals surface area contributed by atoms with Crippen LogP contribution in [0.25, 0.3) is 10.9 Å². The summed E-state index contributed by atoms with van der Waals surface area (Å²) in [5, 5.41) is 12.3. The Morgan fingerprint density at radius 3 is 2.57 bits per heavy atom. The first-order valence-corrected chi connectivity index (χ1v) is 12.7. The fourth-order valence-electron chi connectivity index (χ4n) is 4.29. The van der Waals surface area contributed by atoms with Gasteiger partial charge in [0.1, 0.15) is 11.1 Å². The number of thioether (sulfide) groups is 1. The number of esters is 1. The number of amides is 2. The van der Waals surface area contributed by atoms with Crippen molar-refractivity contribution >= 4 is 46.1 Å². The van der Waals surface area contributed by atoms with E-state index in [1.165, 1.54) is 28.9 Å². The van der Waals surface area contributed by atoms with Gasteiger partial charge >= 0.3 is 5.97 Å². The maximum Gasteiger partial charge on any atom is 0.340 e. The molecule has 1 saturated heterocycles. The smallest absolute Gasteiger partial charge is 0.340 e. The summed E-state index contributed by atoms with van der Waals surface area (Å²) in [5.41, 5.74) is 5.26. The van der Waals surface area contributed by atoms with Crippen molar-refractivity contribution in [2.24, 2.45) is 0 Å². The number of aromatic nitrogens is 1. The van der Waals surface area contributed by atoms with Gasteiger partial charge in [0.2, 0.25) is 0 Å². The largest absolute Gasteiger partial charge is 0.484 e. The lowest BCUT2D eigenvalue weighted by atomic mass is 10.1. The van der Waals surface area contributed by atoms with Crippen molar-refractivity contribution in [3.63, 3.8) is 0 Å². The Hall–Kier alpha value is -4.06. The molecule has 0 bridgehead atoms. The average Bonchev–Trinajstić information content (AvgIpc) is 3.38. The molecule has 1 aliphatic rings. The van der Waals surface area contributed by atoms with Gasteiger partial charge in [0, 0.05) is 35.3 Å². The normalized spacial score (nSPS) is 15.2. The van der Waals surface area contributed by atoms with Crippen LogP contribution in [-0.4, -0.2) is 51.2 Å². The Labute approximate surface area is 216 Å². The molecule has 12 heteroatoms. The molecule has 1 aliphatic heterocycles. The van der Waals surface area contributed by atoms with E-state index in [0.717, 1.165) is 11.2 Å². The summed E-state index contributed by atoms with van der Waals surface area (Å²) in [6, 6.07) is 11.1. The third-order valence-corrected chi connectivity index (χ3v) is 7.17. The summed E-state index contributed by atoms with van der Waals surface area (Å²) >= 11 is 1.30. The van der Waals surface area contributed by atoms with Crippen molar-refractivity contribution in [1.29, 1.82) is 0 Å². The van der Waals surface area contributed by atoms with E-state index in [2.05, 4.69) is 5.43 Å². The Kier molecular flexibility index (Phi) is 7.67. The molecule has 37 heavy (non-hydrogen) atoms. The highest BCUT2D eigenvalue weighted by molar-refractivity contribution is 8.00. The Bertz CT molecular complexity index is 1370. The van der Waals surface area contributed by atoms with Crippen LogP contribution in [0.5, 0.6) is 5.75 Å². The number of ether oxygens (including phenoxy) is 2. The zero-order chi connectivity index (χ0) is 26.7. The van der Waals surface area contributed by atoms with Crippen molar-refractivity contribution < 1.29 is 28.8 Å². The number of hydrogen-bond acceptors (Lipinski definition) is 8. The van der Waals surface area contributed by atoms with Crippen LogP contribution < -0.4 is 10.2 Å². The predicted octanol–water partition coefficient (Wildman–Crippen LogP) is 3.74. The third kappa shape index (κ3) is 5.24. The first-order valence-electron chi connectivity index (χ1n) is 11.6. The van der Waals surface area contributed by atoms with Gasteiger partial charge in [-0.2, -0.15) is 0 Å². The summed E-state index contributed by atoms with van der Waals surface area (Å²) in [6.45, 7) is 6.14. The maximum absolute atomic E-state index is 12.7. The summed E-state index contributed by atoms with van der Waals surface area (Å²) in [4.78, 5) is 48.1. The molecule has 2 amide bonds. The van der Waals surface area contributed by atoms with Crippen LogP contribution >= 0.6 is 11.8 Å². The van der Waals surface area contributed by atoms with E-state index in [9.17, 15) is 24.5 Å². The molecule has 194 valence electrons. The van der Waals surface area contributed by atoms with Crippen LogP contribution in [0.3, 0.4) is 0 Å². The van der Waals surface area contributed by atoms with Crippen molar-refractivity contribution in [2.75, 3.05) is 19.0 Å². The lowest BCUT2D eigenvalue weighted by Gasteiger charge is -2.24. The minimum absolute atomic E-state index is 0.0605. The van der Waals surface area contributed by atoms with Crippen LogP contribution in [0.1, 0.15) is 40.8 Å². The van der Waals surface area contributed by atoms with Gasteiger partial charge in [-0.1, -0.05) is 0 Å². The zero-order valence-corrected chi connectivity index (χ0v) is 21.4. The number of aryl methyl sites for hydroxylation is 1. The van der Waals surface area contributed by atoms with Crippen LogP contribution in [0.4, 0.5) is 5.69 Å². The number of fused-ring (bicyclic) bond motifs is 1. The fraction of sp³-hybridized carbons (Fsp3) is 0.320. The van der Waals surface area contributed by atoms with E-state index in [4.69, 9.17) is 9.47 Å². The number of nitrogens with zero attached hydrogens (tertiary/aromatic N) is 3. The molecule has 0 aliphatic carbocycles. The van der Waals surface area contributed by atoms with Crippen LogP contribution in [0.2, 0.25) is 0 Å². The summed E-state index contributed by atoms with van der Waals surface area (Å²) in [6.07, 6.45) is 0. The number of benzene rings is 2. The molecule has 0 spiro atoms. The topological polar surface area (TPSA) is 133 Å². The van der Waals surface area contributed by atoms with Crippen LogP contribution in [0, 0.1) is 17.0 Å². The molecule has 3 aromatic rings. The number of nitro groups is 1. The second kappa shape index (κ2) is 10.9. The molecule has 0 unspecified atom stereocenters. The molecular formula is C25H26N4O7S. The van der Waals surface area contributed by atoms with E-state index >= 15 is 0 Å². The molecule has 11 nitrogen and oxygen atoms in total. The number of carbonyl (C=O) groups excluding carboxylic acids is 3. The molecule has 1 aromatic heterocycles. The van der Waals surface area contributed by atoms with Crippen molar-refractivity contribution in [3.8, 4) is 5.75 Å². The maximum atomic E-state index is 12.7. The second-order valence-corrected chi connectivity index (χ2v) is 9.27. The van der Waals surface area contributed by atoms with Gasteiger partial charge < -0.3 is 14.0 Å². The van der Waals surface area contributed by atoms with E-state index in [-0.39, 0.29) is 30.6 Å². The summed E-state index contributed by atoms with van der Waals surface area (Å²) < 4.78 is 12.9. The van der Waals surface area contributed by atoms with Crippen LogP contribution in [0.15, 0.2) is 42.5 Å². The quantitative estimate of drug-likeness (QED) is 0.253. The number of nitrogens with one attached hydrogen (secondary N) is 1. The SMILES string of the molecule is CCOC(=O)c1c(C)n(CC)c2ccc(OCC(=O)NN3C(=O)CS[C@@H]3c3ccc([N+](=O)[O-])cc3)cc12.